The van der Waals surface area contributed by atoms with Crippen LogP contribution in [0.1, 0.15) is 19.8 Å². The summed E-state index contributed by atoms with van der Waals surface area (Å²) in [6.07, 6.45) is 1.47. The van der Waals surface area contributed by atoms with Crippen molar-refractivity contribution in [2.24, 2.45) is 0 Å². The third-order valence-corrected chi connectivity index (χ3v) is 1.96. The van der Waals surface area contributed by atoms with Crippen molar-refractivity contribution in [2.75, 3.05) is 40.5 Å². The zero-order valence-corrected chi connectivity index (χ0v) is 9.41. The van der Waals surface area contributed by atoms with Crippen LogP contribution in [0.25, 0.3) is 0 Å². The van der Waals surface area contributed by atoms with Crippen molar-refractivity contribution in [1.29, 1.82) is 0 Å². The molecule has 0 radical (unpaired) electrons. The van der Waals surface area contributed by atoms with Gasteiger partial charge in [0, 0.05) is 26.3 Å². The van der Waals surface area contributed by atoms with Crippen LogP contribution in [0.5, 0.6) is 0 Å². The molecule has 0 fully saturated rings. The molecule has 0 aromatic carbocycles. The van der Waals surface area contributed by atoms with E-state index < -0.39 is 0 Å². The molecule has 14 heavy (non-hydrogen) atoms. The van der Waals surface area contributed by atoms with Crippen LogP contribution in [0.3, 0.4) is 0 Å². The van der Waals surface area contributed by atoms with E-state index in [-0.39, 0.29) is 5.97 Å². The molecule has 4 heteroatoms. The minimum absolute atomic E-state index is 0.151. The van der Waals surface area contributed by atoms with Gasteiger partial charge in [-0.25, -0.2) is 0 Å². The second kappa shape index (κ2) is 8.97. The molecule has 0 unspecified atom stereocenters. The van der Waals surface area contributed by atoms with Gasteiger partial charge in [-0.3, -0.25) is 4.79 Å². The van der Waals surface area contributed by atoms with E-state index in [9.17, 15) is 4.79 Å². The molecule has 4 nitrogen and oxygen atoms in total. The lowest BCUT2D eigenvalue weighted by atomic mass is 10.3. The van der Waals surface area contributed by atoms with Crippen molar-refractivity contribution in [2.45, 2.75) is 19.8 Å². The number of hydrogen-bond acceptors (Lipinski definition) is 4. The third-order valence-electron chi connectivity index (χ3n) is 1.96. The second-order valence-electron chi connectivity index (χ2n) is 3.18. The molecule has 84 valence electrons. The summed E-state index contributed by atoms with van der Waals surface area (Å²) in [6.45, 7) is 5.25. The van der Waals surface area contributed by atoms with Crippen molar-refractivity contribution in [3.8, 4) is 0 Å². The molecule has 0 saturated heterocycles. The number of methoxy groups -OCH3 is 1. The molecule has 0 aliphatic carbocycles. The van der Waals surface area contributed by atoms with Crippen molar-refractivity contribution in [1.82, 2.24) is 4.90 Å². The summed E-state index contributed by atoms with van der Waals surface area (Å²) in [7, 11) is 3.41. The molecule has 0 rings (SSSR count). The highest BCUT2D eigenvalue weighted by molar-refractivity contribution is 5.69. The van der Waals surface area contributed by atoms with E-state index in [0.717, 1.165) is 32.7 Å². The summed E-state index contributed by atoms with van der Waals surface area (Å²) in [5.41, 5.74) is 0. The maximum atomic E-state index is 10.8. The van der Waals surface area contributed by atoms with E-state index in [1.54, 1.807) is 0 Å². The van der Waals surface area contributed by atoms with Crippen molar-refractivity contribution in [3.63, 3.8) is 0 Å². The number of carbonyl (C=O) groups excluding carboxylic acids is 1. The first kappa shape index (κ1) is 13.4. The van der Waals surface area contributed by atoms with Crippen LogP contribution < -0.4 is 0 Å². The molecule has 0 aromatic rings. The average molecular weight is 203 g/mol. The van der Waals surface area contributed by atoms with E-state index in [1.165, 1.54) is 7.11 Å². The van der Waals surface area contributed by atoms with E-state index in [0.29, 0.717) is 6.42 Å². The molecule has 0 spiro atoms. The molecule has 0 aromatic heterocycles. The van der Waals surface area contributed by atoms with Crippen molar-refractivity contribution in [3.05, 3.63) is 0 Å². The fourth-order valence-corrected chi connectivity index (χ4v) is 1.08. The molecule has 0 heterocycles. The lowest BCUT2D eigenvalue weighted by molar-refractivity contribution is -0.140. The number of carbonyl (C=O) groups is 1. The van der Waals surface area contributed by atoms with Gasteiger partial charge in [0.15, 0.2) is 0 Å². The number of esters is 1. The lowest BCUT2D eigenvalue weighted by Crippen LogP contribution is -2.24. The molecule has 0 aliphatic heterocycles. The summed E-state index contributed by atoms with van der Waals surface area (Å²) in [4.78, 5) is 12.9. The SMILES string of the molecule is CCOCCCN(C)CCC(=O)OC. The molecule has 0 atom stereocenters. The van der Waals surface area contributed by atoms with Crippen LogP contribution in [-0.4, -0.2) is 51.3 Å². The first-order valence-electron chi connectivity index (χ1n) is 5.03. The second-order valence-corrected chi connectivity index (χ2v) is 3.18. The Balaban J connectivity index is 3.27. The van der Waals surface area contributed by atoms with E-state index in [1.807, 2.05) is 14.0 Å². The zero-order chi connectivity index (χ0) is 10.8. The predicted octanol–water partition coefficient (Wildman–Crippen LogP) is 0.908. The van der Waals surface area contributed by atoms with Gasteiger partial charge in [0.1, 0.15) is 0 Å². The maximum absolute atomic E-state index is 10.8. The fourth-order valence-electron chi connectivity index (χ4n) is 1.08. The number of ether oxygens (including phenoxy) is 2. The van der Waals surface area contributed by atoms with E-state index in [2.05, 4.69) is 9.64 Å². The largest absolute Gasteiger partial charge is 0.469 e. The van der Waals surface area contributed by atoms with Crippen molar-refractivity contribution >= 4 is 5.97 Å². The number of hydrogen-bond donors (Lipinski definition) is 0. The van der Waals surface area contributed by atoms with Crippen LogP contribution in [0.2, 0.25) is 0 Å². The van der Waals surface area contributed by atoms with Gasteiger partial charge >= 0.3 is 5.97 Å². The molecular formula is C10H21NO3. The Labute approximate surface area is 86.2 Å². The highest BCUT2D eigenvalue weighted by Crippen LogP contribution is 1.92. The highest BCUT2D eigenvalue weighted by Gasteiger charge is 2.03. The fraction of sp³-hybridized carbons (Fsp3) is 0.900. The summed E-state index contributed by atoms with van der Waals surface area (Å²) < 4.78 is 9.77. The molecular weight excluding hydrogens is 182 g/mol. The Morgan fingerprint density at radius 2 is 2.07 bits per heavy atom. The minimum Gasteiger partial charge on any atom is -0.469 e. The number of nitrogens with zero attached hydrogens (tertiary/aromatic N) is 1. The first-order valence-corrected chi connectivity index (χ1v) is 5.03. The Kier molecular flexibility index (Phi) is 8.57. The van der Waals surface area contributed by atoms with Crippen LogP contribution in [-0.2, 0) is 14.3 Å². The van der Waals surface area contributed by atoms with E-state index in [4.69, 9.17) is 4.74 Å². The van der Waals surface area contributed by atoms with Gasteiger partial charge in [-0.15, -0.1) is 0 Å². The smallest absolute Gasteiger partial charge is 0.306 e. The standard InChI is InChI=1S/C10H21NO3/c1-4-14-9-5-7-11(2)8-6-10(12)13-3/h4-9H2,1-3H3. The van der Waals surface area contributed by atoms with Crippen LogP contribution in [0.15, 0.2) is 0 Å². The number of rotatable bonds is 8. The molecule has 0 amide bonds. The Morgan fingerprint density at radius 1 is 1.36 bits per heavy atom. The van der Waals surface area contributed by atoms with Gasteiger partial charge in [0.25, 0.3) is 0 Å². The highest BCUT2D eigenvalue weighted by atomic mass is 16.5. The van der Waals surface area contributed by atoms with Gasteiger partial charge < -0.3 is 14.4 Å². The normalized spacial score (nSPS) is 10.6. The quantitative estimate of drug-likeness (QED) is 0.434. The summed E-state index contributed by atoms with van der Waals surface area (Å²) in [6, 6.07) is 0. The van der Waals surface area contributed by atoms with Gasteiger partial charge in [-0.1, -0.05) is 0 Å². The Morgan fingerprint density at radius 3 is 2.64 bits per heavy atom. The summed E-state index contributed by atoms with van der Waals surface area (Å²) in [5.74, 6) is -0.151. The van der Waals surface area contributed by atoms with Crippen LogP contribution in [0, 0.1) is 0 Å². The minimum atomic E-state index is -0.151. The lowest BCUT2D eigenvalue weighted by Gasteiger charge is -2.15. The average Bonchev–Trinajstić information content (AvgIpc) is 2.21. The predicted molar refractivity (Wildman–Crippen MR) is 55.2 cm³/mol. The molecule has 0 aliphatic rings. The van der Waals surface area contributed by atoms with Gasteiger partial charge in [-0.2, -0.15) is 0 Å². The van der Waals surface area contributed by atoms with Gasteiger partial charge in [0.2, 0.25) is 0 Å². The van der Waals surface area contributed by atoms with Gasteiger partial charge in [0.05, 0.1) is 13.5 Å². The van der Waals surface area contributed by atoms with Crippen LogP contribution >= 0.6 is 0 Å². The van der Waals surface area contributed by atoms with Crippen molar-refractivity contribution < 1.29 is 14.3 Å². The monoisotopic (exact) mass is 203 g/mol. The summed E-state index contributed by atoms with van der Waals surface area (Å²) >= 11 is 0. The Hall–Kier alpha value is -0.610. The van der Waals surface area contributed by atoms with E-state index >= 15 is 0 Å². The topological polar surface area (TPSA) is 38.8 Å². The first-order chi connectivity index (χ1) is 6.70. The summed E-state index contributed by atoms with van der Waals surface area (Å²) in [5, 5.41) is 0. The van der Waals surface area contributed by atoms with Crippen LogP contribution in [0.4, 0.5) is 0 Å². The zero-order valence-electron chi connectivity index (χ0n) is 9.41. The maximum Gasteiger partial charge on any atom is 0.306 e. The Bertz CT molecular complexity index is 150. The molecule has 0 N–H and O–H groups in total. The van der Waals surface area contributed by atoms with Gasteiger partial charge in [-0.05, 0) is 20.4 Å². The molecule has 0 saturated carbocycles. The third kappa shape index (κ3) is 8.01. The molecule has 0 bridgehead atoms.